The van der Waals surface area contributed by atoms with Gasteiger partial charge in [-0.15, -0.1) is 11.3 Å². The number of fused-ring (bicyclic) bond motifs is 1. The Bertz CT molecular complexity index is 1180. The number of carbonyl (C=O) groups is 1. The highest BCUT2D eigenvalue weighted by Crippen LogP contribution is 2.20. The zero-order chi connectivity index (χ0) is 20.5. The van der Waals surface area contributed by atoms with E-state index in [-0.39, 0.29) is 30.6 Å². The fourth-order valence-corrected chi connectivity index (χ4v) is 4.96. The molecule has 0 radical (unpaired) electrons. The van der Waals surface area contributed by atoms with Crippen LogP contribution in [0, 0.1) is 0 Å². The molecule has 1 unspecified atom stereocenters. The van der Waals surface area contributed by atoms with E-state index in [1.54, 1.807) is 29.6 Å². The maximum Gasteiger partial charge on any atom is 0.332 e. The van der Waals surface area contributed by atoms with E-state index in [9.17, 15) is 14.4 Å². The van der Waals surface area contributed by atoms with Crippen molar-refractivity contribution in [2.24, 2.45) is 0 Å². The molecule has 4 rings (SSSR count). The van der Waals surface area contributed by atoms with Gasteiger partial charge in [0.05, 0.1) is 12.1 Å². The molecule has 1 aliphatic rings. The molecule has 3 heterocycles. The van der Waals surface area contributed by atoms with Gasteiger partial charge in [0.15, 0.2) is 0 Å². The fourth-order valence-electron chi connectivity index (χ4n) is 3.92. The van der Waals surface area contributed by atoms with E-state index in [1.807, 2.05) is 17.9 Å². The Balaban J connectivity index is 1.77. The minimum absolute atomic E-state index is 0.0689. The Morgan fingerprint density at radius 1 is 1.17 bits per heavy atom. The van der Waals surface area contributed by atoms with Crippen LogP contribution in [-0.2, 0) is 17.9 Å². The molecule has 6 nitrogen and oxygen atoms in total. The van der Waals surface area contributed by atoms with Gasteiger partial charge in [0, 0.05) is 17.6 Å². The molecule has 3 aromatic rings. The molecule has 1 atom stereocenters. The summed E-state index contributed by atoms with van der Waals surface area (Å²) in [4.78, 5) is 41.0. The summed E-state index contributed by atoms with van der Waals surface area (Å²) in [5.74, 6) is -0.0882. The molecule has 152 valence electrons. The topological polar surface area (TPSA) is 64.3 Å². The minimum Gasteiger partial charge on any atom is -0.338 e. The predicted octanol–water partition coefficient (Wildman–Crippen LogP) is 3.33. The lowest BCUT2D eigenvalue weighted by Crippen LogP contribution is -2.47. The summed E-state index contributed by atoms with van der Waals surface area (Å²) < 4.78 is 3.07. The van der Waals surface area contributed by atoms with Crippen LogP contribution in [0.2, 0.25) is 5.02 Å². The molecule has 0 aliphatic carbocycles. The number of nitrogens with zero attached hydrogens (tertiary/aromatic N) is 3. The van der Waals surface area contributed by atoms with E-state index >= 15 is 0 Å². The molecule has 1 saturated heterocycles. The van der Waals surface area contributed by atoms with Crippen LogP contribution in [0.15, 0.2) is 45.3 Å². The monoisotopic (exact) mass is 431 g/mol. The fraction of sp³-hybridized carbons (Fsp3) is 0.381. The number of piperidine rings is 1. The number of thiophene rings is 1. The van der Waals surface area contributed by atoms with Crippen molar-refractivity contribution in [1.29, 1.82) is 0 Å². The number of benzene rings is 1. The first-order valence-corrected chi connectivity index (χ1v) is 11.0. The molecule has 0 saturated carbocycles. The maximum atomic E-state index is 13.2. The number of hydrogen-bond donors (Lipinski definition) is 0. The third kappa shape index (κ3) is 3.76. The van der Waals surface area contributed by atoms with Gasteiger partial charge < -0.3 is 4.90 Å². The van der Waals surface area contributed by atoms with E-state index in [0.29, 0.717) is 27.3 Å². The number of hydrogen-bond acceptors (Lipinski definition) is 4. The van der Waals surface area contributed by atoms with Gasteiger partial charge in [-0.25, -0.2) is 4.79 Å². The molecule has 29 heavy (non-hydrogen) atoms. The highest BCUT2D eigenvalue weighted by Gasteiger charge is 2.25. The molecule has 1 amide bonds. The lowest BCUT2D eigenvalue weighted by Gasteiger charge is -2.33. The molecule has 1 aromatic carbocycles. The Kier molecular flexibility index (Phi) is 5.61. The van der Waals surface area contributed by atoms with Gasteiger partial charge in [-0.05, 0) is 49.3 Å². The Morgan fingerprint density at radius 3 is 2.72 bits per heavy atom. The van der Waals surface area contributed by atoms with Gasteiger partial charge in [0.25, 0.3) is 5.56 Å². The number of aromatic nitrogens is 2. The second-order valence-electron chi connectivity index (χ2n) is 7.42. The number of likely N-dealkylation sites (tertiary alicyclic amines) is 1. The van der Waals surface area contributed by atoms with E-state index in [2.05, 4.69) is 0 Å². The molecule has 0 N–H and O–H groups in total. The normalized spacial score (nSPS) is 17.0. The molecule has 1 aliphatic heterocycles. The van der Waals surface area contributed by atoms with Gasteiger partial charge in [0.1, 0.15) is 11.2 Å². The van der Waals surface area contributed by atoms with E-state index in [1.165, 1.54) is 20.5 Å². The van der Waals surface area contributed by atoms with Crippen LogP contribution in [0.4, 0.5) is 0 Å². The molecule has 0 bridgehead atoms. The third-order valence-electron chi connectivity index (χ3n) is 5.54. The molecule has 1 fully saturated rings. The molecular weight excluding hydrogens is 410 g/mol. The Labute approximate surface area is 176 Å². The van der Waals surface area contributed by atoms with Crippen molar-refractivity contribution in [2.75, 3.05) is 6.54 Å². The van der Waals surface area contributed by atoms with Crippen molar-refractivity contribution in [1.82, 2.24) is 14.0 Å². The van der Waals surface area contributed by atoms with Crippen LogP contribution in [0.5, 0.6) is 0 Å². The van der Waals surface area contributed by atoms with Crippen LogP contribution >= 0.6 is 22.9 Å². The van der Waals surface area contributed by atoms with Gasteiger partial charge in [-0.3, -0.25) is 18.7 Å². The van der Waals surface area contributed by atoms with Crippen LogP contribution in [0.3, 0.4) is 0 Å². The Hall–Kier alpha value is -2.38. The lowest BCUT2D eigenvalue weighted by molar-refractivity contribution is -0.135. The second-order valence-corrected chi connectivity index (χ2v) is 8.74. The average Bonchev–Trinajstić information content (AvgIpc) is 3.20. The van der Waals surface area contributed by atoms with Crippen molar-refractivity contribution < 1.29 is 4.79 Å². The maximum absolute atomic E-state index is 13.2. The van der Waals surface area contributed by atoms with Gasteiger partial charge in [-0.2, -0.15) is 0 Å². The van der Waals surface area contributed by atoms with Crippen molar-refractivity contribution in [3.63, 3.8) is 0 Å². The summed E-state index contributed by atoms with van der Waals surface area (Å²) in [6.07, 6.45) is 3.06. The summed E-state index contributed by atoms with van der Waals surface area (Å²) in [6.45, 7) is 2.75. The summed E-state index contributed by atoms with van der Waals surface area (Å²) in [5, 5.41) is 2.27. The number of rotatable bonds is 4. The third-order valence-corrected chi connectivity index (χ3v) is 6.80. The van der Waals surface area contributed by atoms with Crippen molar-refractivity contribution in [3.05, 3.63) is 67.1 Å². The van der Waals surface area contributed by atoms with Crippen LogP contribution in [0.1, 0.15) is 31.7 Å². The molecule has 0 spiro atoms. The first-order chi connectivity index (χ1) is 14.0. The second kappa shape index (κ2) is 8.16. The van der Waals surface area contributed by atoms with E-state index in [4.69, 9.17) is 11.6 Å². The van der Waals surface area contributed by atoms with Crippen LogP contribution in [-0.4, -0.2) is 32.5 Å². The molecule has 8 heteroatoms. The van der Waals surface area contributed by atoms with Gasteiger partial charge >= 0.3 is 5.69 Å². The zero-order valence-electron chi connectivity index (χ0n) is 16.1. The minimum atomic E-state index is -0.487. The van der Waals surface area contributed by atoms with Crippen LogP contribution in [0.25, 0.3) is 10.2 Å². The van der Waals surface area contributed by atoms with Gasteiger partial charge in [0.2, 0.25) is 5.91 Å². The molecular formula is C21H22ClN3O3S. The number of carbonyl (C=O) groups excluding carboxylic acids is 1. The smallest absolute Gasteiger partial charge is 0.332 e. The SMILES string of the molecule is CC1CCCCN1C(=O)Cn1c(=O)n(Cc2ccccc2Cl)c(=O)c2sccc21. The van der Waals surface area contributed by atoms with Crippen molar-refractivity contribution in [2.45, 2.75) is 45.3 Å². The zero-order valence-corrected chi connectivity index (χ0v) is 17.7. The summed E-state index contributed by atoms with van der Waals surface area (Å²) in [6, 6.07) is 9.03. The van der Waals surface area contributed by atoms with Gasteiger partial charge in [-0.1, -0.05) is 29.8 Å². The lowest BCUT2D eigenvalue weighted by atomic mass is 10.0. The Morgan fingerprint density at radius 2 is 1.97 bits per heavy atom. The number of amides is 1. The van der Waals surface area contributed by atoms with Crippen LogP contribution < -0.4 is 11.2 Å². The standard InChI is InChI=1S/C21H22ClN3O3S/c1-14-6-4-5-10-23(14)18(26)13-24-17-9-11-29-19(17)20(27)25(21(24)28)12-15-7-2-3-8-16(15)22/h2-3,7-9,11,14H,4-6,10,12-13H2,1H3. The predicted molar refractivity (Wildman–Crippen MR) is 116 cm³/mol. The average molecular weight is 432 g/mol. The quantitative estimate of drug-likeness (QED) is 0.636. The summed E-state index contributed by atoms with van der Waals surface area (Å²) in [7, 11) is 0. The van der Waals surface area contributed by atoms with Crippen molar-refractivity contribution >= 4 is 39.1 Å². The summed E-state index contributed by atoms with van der Waals surface area (Å²) in [5.41, 5.74) is 0.360. The van der Waals surface area contributed by atoms with E-state index in [0.717, 1.165) is 19.3 Å². The highest BCUT2D eigenvalue weighted by atomic mass is 35.5. The summed E-state index contributed by atoms with van der Waals surface area (Å²) >= 11 is 7.51. The molecule has 2 aromatic heterocycles. The first kappa shape index (κ1) is 19.9. The number of halogens is 1. The highest BCUT2D eigenvalue weighted by molar-refractivity contribution is 7.17. The largest absolute Gasteiger partial charge is 0.338 e. The van der Waals surface area contributed by atoms with E-state index < -0.39 is 5.69 Å². The first-order valence-electron chi connectivity index (χ1n) is 9.71. The van der Waals surface area contributed by atoms with Crippen molar-refractivity contribution in [3.8, 4) is 0 Å².